The summed E-state index contributed by atoms with van der Waals surface area (Å²) < 4.78 is 9.08. The van der Waals surface area contributed by atoms with Crippen LogP contribution in [-0.2, 0) is 0 Å². The highest BCUT2D eigenvalue weighted by atomic mass is 32.1. The van der Waals surface area contributed by atoms with E-state index in [4.69, 9.17) is 14.7 Å². The summed E-state index contributed by atoms with van der Waals surface area (Å²) in [5.41, 5.74) is 15.2. The Balaban J connectivity index is 1.06. The van der Waals surface area contributed by atoms with Gasteiger partial charge in [-0.25, -0.2) is 9.97 Å². The lowest BCUT2D eigenvalue weighted by Crippen LogP contribution is -2.15. The molecule has 2 aromatic heterocycles. The van der Waals surface area contributed by atoms with E-state index in [-0.39, 0.29) is 12.0 Å². The molecule has 0 N–H and O–H groups in total. The van der Waals surface area contributed by atoms with Gasteiger partial charge in [0, 0.05) is 48.3 Å². The average molecular weight is 811 g/mol. The summed E-state index contributed by atoms with van der Waals surface area (Å²) in [7, 11) is 0. The monoisotopic (exact) mass is 810 g/mol. The second-order valence-corrected chi connectivity index (χ2v) is 17.1. The van der Waals surface area contributed by atoms with Crippen molar-refractivity contribution in [2.75, 3.05) is 0 Å². The standard InChI is InChI=1S/C58H38N2OS/c1-4-15-37(16-5-1)40-21-12-22-42(31-40)58-59-52(41-29-30-49-48-23-10-11-28-54(48)61-55(49)35-41)36-53(60-58)45-33-43(38-17-6-2-7-18-38)32-44(34-45)47-25-14-27-51-50-26-13-24-46(56(50)62-57(47)51)39-19-8-3-9-20-39/h1-36,48,54H. The van der Waals surface area contributed by atoms with Crippen molar-refractivity contribution in [1.29, 1.82) is 0 Å². The lowest BCUT2D eigenvalue weighted by molar-refractivity contribution is 0.269. The molecule has 62 heavy (non-hydrogen) atoms. The molecule has 4 heteroatoms. The summed E-state index contributed by atoms with van der Waals surface area (Å²) >= 11 is 1.88. The second-order valence-electron chi connectivity index (χ2n) is 16.0. The van der Waals surface area contributed by atoms with Crippen molar-refractivity contribution in [3.05, 3.63) is 224 Å². The molecule has 2 unspecified atom stereocenters. The van der Waals surface area contributed by atoms with Crippen molar-refractivity contribution < 1.29 is 4.74 Å². The Morgan fingerprint density at radius 3 is 1.66 bits per heavy atom. The number of rotatable bonds is 7. The van der Waals surface area contributed by atoms with Crippen molar-refractivity contribution in [2.45, 2.75) is 12.0 Å². The predicted octanol–water partition coefficient (Wildman–Crippen LogP) is 15.5. The molecule has 2 atom stereocenters. The number of thiophene rings is 1. The fourth-order valence-corrected chi connectivity index (χ4v) is 10.5. The third-order valence-electron chi connectivity index (χ3n) is 12.2. The maximum atomic E-state index is 6.51. The molecule has 2 aliphatic rings. The SMILES string of the molecule is C1=CC2Oc3cc(-c4cc(-c5cc(-c6ccccc6)cc(-c6cccc7c6sc6c(-c8ccccc8)cccc67)c5)nc(-c5cccc(-c6ccccc6)c5)n4)ccc3C2C=C1. The smallest absolute Gasteiger partial charge is 0.160 e. The maximum Gasteiger partial charge on any atom is 0.160 e. The summed E-state index contributed by atoms with van der Waals surface area (Å²) in [4.78, 5) is 10.7. The number of aromatic nitrogens is 2. The molecule has 0 fully saturated rings. The first kappa shape index (κ1) is 36.2. The van der Waals surface area contributed by atoms with Crippen LogP contribution in [0.2, 0.25) is 0 Å². The fraction of sp³-hybridized carbons (Fsp3) is 0.0345. The van der Waals surface area contributed by atoms with Crippen LogP contribution in [0.5, 0.6) is 5.75 Å². The van der Waals surface area contributed by atoms with Crippen molar-refractivity contribution in [1.82, 2.24) is 9.97 Å². The number of nitrogens with zero attached hydrogens (tertiary/aromatic N) is 2. The highest BCUT2D eigenvalue weighted by molar-refractivity contribution is 7.26. The van der Waals surface area contributed by atoms with Gasteiger partial charge >= 0.3 is 0 Å². The Hall–Kier alpha value is -7.66. The molecule has 0 amide bonds. The van der Waals surface area contributed by atoms with E-state index in [0.717, 1.165) is 61.6 Å². The molecule has 3 nitrogen and oxygen atoms in total. The Kier molecular flexibility index (Phi) is 8.83. The van der Waals surface area contributed by atoms with E-state index < -0.39 is 0 Å². The molecule has 0 radical (unpaired) electrons. The lowest BCUT2D eigenvalue weighted by atomic mass is 9.91. The van der Waals surface area contributed by atoms with Gasteiger partial charge in [0.2, 0.25) is 0 Å². The Bertz CT molecular complexity index is 3390. The third kappa shape index (κ3) is 6.44. The van der Waals surface area contributed by atoms with Crippen LogP contribution >= 0.6 is 11.3 Å². The van der Waals surface area contributed by atoms with Gasteiger partial charge in [-0.05, 0) is 87.0 Å². The van der Waals surface area contributed by atoms with Crippen molar-refractivity contribution >= 4 is 31.5 Å². The van der Waals surface area contributed by atoms with Crippen molar-refractivity contribution in [3.8, 4) is 84.2 Å². The number of hydrogen-bond donors (Lipinski definition) is 0. The van der Waals surface area contributed by atoms with E-state index in [1.807, 2.05) is 11.3 Å². The number of benzene rings is 8. The van der Waals surface area contributed by atoms with Crippen LogP contribution in [0.4, 0.5) is 0 Å². The zero-order valence-electron chi connectivity index (χ0n) is 33.7. The minimum absolute atomic E-state index is 0.0111. The van der Waals surface area contributed by atoms with Gasteiger partial charge in [-0.2, -0.15) is 0 Å². The van der Waals surface area contributed by atoms with Crippen LogP contribution in [0.15, 0.2) is 218 Å². The van der Waals surface area contributed by atoms with Crippen molar-refractivity contribution in [2.24, 2.45) is 0 Å². The molecule has 292 valence electrons. The summed E-state index contributed by atoms with van der Waals surface area (Å²) in [5, 5.41) is 2.54. The minimum Gasteiger partial charge on any atom is -0.485 e. The molecule has 0 spiro atoms. The minimum atomic E-state index is 0.0111. The van der Waals surface area contributed by atoms with E-state index >= 15 is 0 Å². The van der Waals surface area contributed by atoms with Gasteiger partial charge in [0.05, 0.1) is 11.4 Å². The zero-order valence-corrected chi connectivity index (χ0v) is 34.5. The van der Waals surface area contributed by atoms with Crippen LogP contribution in [0.1, 0.15) is 11.5 Å². The second kappa shape index (κ2) is 15.1. The molecular weight excluding hydrogens is 773 g/mol. The van der Waals surface area contributed by atoms with E-state index in [2.05, 4.69) is 218 Å². The zero-order chi connectivity index (χ0) is 41.0. The highest BCUT2D eigenvalue weighted by Gasteiger charge is 2.32. The van der Waals surface area contributed by atoms with Gasteiger partial charge in [0.15, 0.2) is 5.82 Å². The van der Waals surface area contributed by atoms with Crippen LogP contribution in [0.3, 0.4) is 0 Å². The van der Waals surface area contributed by atoms with Gasteiger partial charge in [0.1, 0.15) is 11.9 Å². The number of allylic oxidation sites excluding steroid dienone is 2. The van der Waals surface area contributed by atoms with E-state index in [1.54, 1.807) is 0 Å². The first-order valence-electron chi connectivity index (χ1n) is 21.1. The van der Waals surface area contributed by atoms with Gasteiger partial charge in [-0.3, -0.25) is 0 Å². The normalized spacial score (nSPS) is 15.1. The summed E-state index contributed by atoms with van der Waals surface area (Å²) in [6.07, 6.45) is 8.57. The molecule has 1 aliphatic carbocycles. The summed E-state index contributed by atoms with van der Waals surface area (Å²) in [6.45, 7) is 0. The molecule has 0 saturated heterocycles. The molecule has 8 aromatic carbocycles. The van der Waals surface area contributed by atoms with Crippen LogP contribution in [0.25, 0.3) is 98.6 Å². The summed E-state index contributed by atoms with van der Waals surface area (Å²) in [6, 6.07) is 69.5. The summed E-state index contributed by atoms with van der Waals surface area (Å²) in [5.74, 6) is 1.79. The van der Waals surface area contributed by atoms with Gasteiger partial charge in [0.25, 0.3) is 0 Å². The predicted molar refractivity (Wildman–Crippen MR) is 258 cm³/mol. The Labute approximate surface area is 364 Å². The van der Waals surface area contributed by atoms with E-state index in [0.29, 0.717) is 5.82 Å². The first-order valence-corrected chi connectivity index (χ1v) is 21.9. The number of ether oxygens (including phenoxy) is 1. The lowest BCUT2D eigenvalue weighted by Gasteiger charge is -2.14. The molecule has 0 bridgehead atoms. The molecular formula is C58H38N2OS. The topological polar surface area (TPSA) is 35.0 Å². The number of hydrogen-bond acceptors (Lipinski definition) is 4. The third-order valence-corrected chi connectivity index (χ3v) is 13.5. The van der Waals surface area contributed by atoms with Crippen LogP contribution in [0, 0.1) is 0 Å². The van der Waals surface area contributed by atoms with E-state index in [9.17, 15) is 0 Å². The highest BCUT2D eigenvalue weighted by Crippen LogP contribution is 2.46. The molecule has 1 aliphatic heterocycles. The fourth-order valence-electron chi connectivity index (χ4n) is 9.16. The molecule has 0 saturated carbocycles. The number of fused-ring (bicyclic) bond motifs is 6. The first-order chi connectivity index (χ1) is 30.7. The molecule has 3 heterocycles. The van der Waals surface area contributed by atoms with Gasteiger partial charge < -0.3 is 4.74 Å². The van der Waals surface area contributed by atoms with Gasteiger partial charge in [-0.1, -0.05) is 176 Å². The van der Waals surface area contributed by atoms with Crippen molar-refractivity contribution in [3.63, 3.8) is 0 Å². The Morgan fingerprint density at radius 1 is 0.387 bits per heavy atom. The largest absolute Gasteiger partial charge is 0.485 e. The maximum absolute atomic E-state index is 6.51. The van der Waals surface area contributed by atoms with Crippen LogP contribution < -0.4 is 4.74 Å². The van der Waals surface area contributed by atoms with E-state index in [1.165, 1.54) is 42.4 Å². The quantitative estimate of drug-likeness (QED) is 0.161. The Morgan fingerprint density at radius 2 is 0.935 bits per heavy atom. The van der Waals surface area contributed by atoms with Crippen LogP contribution in [-0.4, -0.2) is 16.1 Å². The molecule has 10 aromatic rings. The van der Waals surface area contributed by atoms with Gasteiger partial charge in [-0.15, -0.1) is 11.3 Å². The molecule has 12 rings (SSSR count). The average Bonchev–Trinajstić information content (AvgIpc) is 3.93.